The zero-order valence-corrected chi connectivity index (χ0v) is 9.32. The molecule has 1 saturated heterocycles. The van der Waals surface area contributed by atoms with Gasteiger partial charge in [0.2, 0.25) is 0 Å². The normalized spacial score (nSPS) is 20.2. The van der Waals surface area contributed by atoms with Gasteiger partial charge in [-0.1, -0.05) is 12.1 Å². The Balaban J connectivity index is 1.89. The number of esters is 1. The topological polar surface area (TPSA) is 43.4 Å². The lowest BCUT2D eigenvalue weighted by molar-refractivity contribution is -0.157. The molecule has 1 heterocycles. The number of hydrogen-bond acceptors (Lipinski definition) is 3. The maximum absolute atomic E-state index is 12.9. The van der Waals surface area contributed by atoms with Gasteiger partial charge in [0.05, 0.1) is 0 Å². The molecule has 1 unspecified atom stereocenters. The molecule has 0 bridgehead atoms. The van der Waals surface area contributed by atoms with Gasteiger partial charge in [0.25, 0.3) is 0 Å². The Kier molecular flexibility index (Phi) is 3.52. The molecule has 1 aliphatic rings. The third kappa shape index (κ3) is 3.37. The summed E-state index contributed by atoms with van der Waals surface area (Å²) in [7, 11) is 0. The molecule has 0 aliphatic carbocycles. The molecule has 2 rings (SSSR count). The van der Waals surface area contributed by atoms with Crippen molar-refractivity contribution in [1.82, 2.24) is 0 Å². The largest absolute Gasteiger partial charge is 0.462 e. The van der Waals surface area contributed by atoms with E-state index in [0.717, 1.165) is 5.56 Å². The third-order valence-electron chi connectivity index (χ3n) is 2.74. The molecule has 0 aromatic heterocycles. The maximum atomic E-state index is 12.9. The highest BCUT2D eigenvalue weighted by molar-refractivity contribution is 5.97. The number of halogens is 1. The van der Waals surface area contributed by atoms with E-state index in [1.807, 2.05) is 6.07 Å². The number of carbonyl (C=O) groups excluding carboxylic acids is 2. The molecular weight excluding hydrogens is 223 g/mol. The lowest BCUT2D eigenvalue weighted by Gasteiger charge is -2.21. The predicted molar refractivity (Wildman–Crippen MR) is 58.8 cm³/mol. The summed E-state index contributed by atoms with van der Waals surface area (Å²) in [6.45, 7) is 0. The average Bonchev–Trinajstić information content (AvgIpc) is 2.25. The second-order valence-electron chi connectivity index (χ2n) is 4.20. The van der Waals surface area contributed by atoms with Crippen molar-refractivity contribution in [3.05, 3.63) is 35.6 Å². The molecule has 0 saturated carbocycles. The van der Waals surface area contributed by atoms with Crippen LogP contribution in [0.15, 0.2) is 24.3 Å². The molecule has 4 heteroatoms. The van der Waals surface area contributed by atoms with E-state index in [1.165, 1.54) is 12.1 Å². The standard InChI is InChI=1S/C13H13FO3/c14-10-3-1-2-9(6-10)4-5-12-7-11(15)8-13(16)17-12/h1-3,6,12H,4-5,7-8H2. The molecule has 3 nitrogen and oxygen atoms in total. The van der Waals surface area contributed by atoms with Crippen LogP contribution >= 0.6 is 0 Å². The van der Waals surface area contributed by atoms with Gasteiger partial charge in [0.1, 0.15) is 24.1 Å². The Bertz CT molecular complexity index is 426. The minimum absolute atomic E-state index is 0.0782. The van der Waals surface area contributed by atoms with E-state index >= 15 is 0 Å². The van der Waals surface area contributed by atoms with Gasteiger partial charge in [-0.3, -0.25) is 9.59 Å². The van der Waals surface area contributed by atoms with Crippen molar-refractivity contribution in [2.75, 3.05) is 0 Å². The van der Waals surface area contributed by atoms with Crippen molar-refractivity contribution in [2.24, 2.45) is 0 Å². The van der Waals surface area contributed by atoms with Crippen LogP contribution in [0.25, 0.3) is 0 Å². The van der Waals surface area contributed by atoms with E-state index in [1.54, 1.807) is 6.07 Å². The van der Waals surface area contributed by atoms with Crippen molar-refractivity contribution in [1.29, 1.82) is 0 Å². The summed E-state index contributed by atoms with van der Waals surface area (Å²) in [5.74, 6) is -0.810. The molecule has 90 valence electrons. The monoisotopic (exact) mass is 236 g/mol. The first kappa shape index (κ1) is 11.8. The highest BCUT2D eigenvalue weighted by Crippen LogP contribution is 2.17. The van der Waals surface area contributed by atoms with E-state index in [2.05, 4.69) is 0 Å². The fraction of sp³-hybridized carbons (Fsp3) is 0.385. The van der Waals surface area contributed by atoms with Crippen molar-refractivity contribution < 1.29 is 18.7 Å². The minimum atomic E-state index is -0.453. The van der Waals surface area contributed by atoms with E-state index < -0.39 is 5.97 Å². The zero-order chi connectivity index (χ0) is 12.3. The first-order valence-electron chi connectivity index (χ1n) is 5.59. The number of cyclic esters (lactones) is 1. The number of carbonyl (C=O) groups is 2. The fourth-order valence-electron chi connectivity index (χ4n) is 1.94. The Morgan fingerprint density at radius 3 is 2.88 bits per heavy atom. The van der Waals surface area contributed by atoms with Gasteiger partial charge in [0.15, 0.2) is 0 Å². The number of rotatable bonds is 3. The van der Waals surface area contributed by atoms with Crippen LogP contribution in [-0.2, 0) is 20.7 Å². The van der Waals surface area contributed by atoms with Crippen molar-refractivity contribution in [3.63, 3.8) is 0 Å². The van der Waals surface area contributed by atoms with Crippen LogP contribution < -0.4 is 0 Å². The molecule has 1 aromatic carbocycles. The number of benzene rings is 1. The first-order chi connectivity index (χ1) is 8.13. The second kappa shape index (κ2) is 5.08. The van der Waals surface area contributed by atoms with Crippen LogP contribution in [0.1, 0.15) is 24.8 Å². The number of hydrogen-bond donors (Lipinski definition) is 0. The van der Waals surface area contributed by atoms with Gasteiger partial charge in [-0.25, -0.2) is 4.39 Å². The summed E-state index contributed by atoms with van der Waals surface area (Å²) in [5, 5.41) is 0. The van der Waals surface area contributed by atoms with Crippen molar-refractivity contribution in [2.45, 2.75) is 31.8 Å². The number of Topliss-reactive ketones (excluding diaryl/α,β-unsaturated/α-hetero) is 1. The Morgan fingerprint density at radius 2 is 2.18 bits per heavy atom. The third-order valence-corrected chi connectivity index (χ3v) is 2.74. The van der Waals surface area contributed by atoms with Gasteiger partial charge in [-0.15, -0.1) is 0 Å². The van der Waals surface area contributed by atoms with E-state index in [-0.39, 0.29) is 30.5 Å². The molecule has 1 fully saturated rings. The lowest BCUT2D eigenvalue weighted by atomic mass is 10.0. The quantitative estimate of drug-likeness (QED) is 0.595. The number of aryl methyl sites for hydroxylation is 1. The van der Waals surface area contributed by atoms with Gasteiger partial charge in [0, 0.05) is 6.42 Å². The van der Waals surface area contributed by atoms with E-state index in [9.17, 15) is 14.0 Å². The van der Waals surface area contributed by atoms with Crippen LogP contribution in [0.3, 0.4) is 0 Å². The van der Waals surface area contributed by atoms with Gasteiger partial charge in [-0.2, -0.15) is 0 Å². The molecule has 0 amide bonds. The lowest BCUT2D eigenvalue weighted by Crippen LogP contribution is -2.29. The number of ketones is 1. The van der Waals surface area contributed by atoms with E-state index in [0.29, 0.717) is 12.8 Å². The molecule has 0 radical (unpaired) electrons. The Morgan fingerprint density at radius 1 is 1.35 bits per heavy atom. The fourth-order valence-corrected chi connectivity index (χ4v) is 1.94. The predicted octanol–water partition coefficient (Wildman–Crippen LogP) is 2.03. The highest BCUT2D eigenvalue weighted by Gasteiger charge is 2.26. The Hall–Kier alpha value is -1.71. The SMILES string of the molecule is O=C1CC(=O)OC(CCc2cccc(F)c2)C1. The average molecular weight is 236 g/mol. The molecule has 1 aromatic rings. The maximum Gasteiger partial charge on any atom is 0.313 e. The molecule has 1 aliphatic heterocycles. The van der Waals surface area contributed by atoms with Gasteiger partial charge < -0.3 is 4.74 Å². The van der Waals surface area contributed by atoms with Crippen LogP contribution in [-0.4, -0.2) is 17.9 Å². The van der Waals surface area contributed by atoms with Gasteiger partial charge in [-0.05, 0) is 30.5 Å². The first-order valence-corrected chi connectivity index (χ1v) is 5.59. The molecule has 17 heavy (non-hydrogen) atoms. The van der Waals surface area contributed by atoms with Crippen LogP contribution in [0.4, 0.5) is 4.39 Å². The number of ether oxygens (including phenoxy) is 1. The minimum Gasteiger partial charge on any atom is -0.462 e. The second-order valence-corrected chi connectivity index (χ2v) is 4.20. The van der Waals surface area contributed by atoms with Crippen LogP contribution in [0, 0.1) is 5.82 Å². The summed E-state index contributed by atoms with van der Waals surface area (Å²) >= 11 is 0. The van der Waals surface area contributed by atoms with Crippen LogP contribution in [0.2, 0.25) is 0 Å². The van der Waals surface area contributed by atoms with Gasteiger partial charge >= 0.3 is 5.97 Å². The van der Waals surface area contributed by atoms with Crippen molar-refractivity contribution >= 4 is 11.8 Å². The summed E-state index contributed by atoms with van der Waals surface area (Å²) < 4.78 is 18.0. The highest BCUT2D eigenvalue weighted by atomic mass is 19.1. The molecular formula is C13H13FO3. The smallest absolute Gasteiger partial charge is 0.313 e. The molecule has 1 atom stereocenters. The summed E-state index contributed by atoms with van der Waals surface area (Å²) in [4.78, 5) is 22.2. The Labute approximate surface area is 98.6 Å². The van der Waals surface area contributed by atoms with Crippen LogP contribution in [0.5, 0.6) is 0 Å². The zero-order valence-electron chi connectivity index (χ0n) is 9.32. The van der Waals surface area contributed by atoms with E-state index in [4.69, 9.17) is 4.74 Å². The summed E-state index contributed by atoms with van der Waals surface area (Å²) in [6, 6.07) is 6.29. The van der Waals surface area contributed by atoms with Crippen molar-refractivity contribution in [3.8, 4) is 0 Å². The molecule has 0 spiro atoms. The summed E-state index contributed by atoms with van der Waals surface area (Å²) in [6.07, 6.45) is 0.966. The molecule has 0 N–H and O–H groups in total. The summed E-state index contributed by atoms with van der Waals surface area (Å²) in [5.41, 5.74) is 0.846.